The van der Waals surface area contributed by atoms with Crippen molar-refractivity contribution in [3.8, 4) is 11.5 Å². The zero-order chi connectivity index (χ0) is 22.1. The highest BCUT2D eigenvalue weighted by molar-refractivity contribution is 7.89. The highest BCUT2D eigenvalue weighted by atomic mass is 32.2. The van der Waals surface area contributed by atoms with Crippen LogP contribution in [0.15, 0.2) is 47.4 Å². The maximum absolute atomic E-state index is 12.7. The molecule has 0 unspecified atom stereocenters. The summed E-state index contributed by atoms with van der Waals surface area (Å²) in [5, 5.41) is 2.79. The van der Waals surface area contributed by atoms with Crippen LogP contribution in [0.4, 0.5) is 5.69 Å². The SMILES string of the molecule is CCCOc1ccc(NC(=O)c2cccc(S(=O)(=O)NC(C)C)c2)cc1OCCC. The molecule has 7 nitrogen and oxygen atoms in total. The molecule has 0 saturated heterocycles. The molecule has 0 spiro atoms. The molecule has 2 N–H and O–H groups in total. The summed E-state index contributed by atoms with van der Waals surface area (Å²) in [4.78, 5) is 12.7. The Morgan fingerprint density at radius 3 is 2.27 bits per heavy atom. The Kier molecular flexibility index (Phi) is 8.68. The second kappa shape index (κ2) is 11.0. The van der Waals surface area contributed by atoms with E-state index in [-0.39, 0.29) is 16.5 Å². The van der Waals surface area contributed by atoms with Gasteiger partial charge in [0, 0.05) is 23.4 Å². The van der Waals surface area contributed by atoms with Crippen LogP contribution in [0.25, 0.3) is 0 Å². The normalized spacial score (nSPS) is 11.4. The zero-order valence-electron chi connectivity index (χ0n) is 17.9. The van der Waals surface area contributed by atoms with Gasteiger partial charge in [-0.25, -0.2) is 13.1 Å². The second-order valence-corrected chi connectivity index (χ2v) is 8.83. The Bertz CT molecular complexity index is 958. The molecule has 0 bridgehead atoms. The molecule has 0 aromatic heterocycles. The fraction of sp³-hybridized carbons (Fsp3) is 0.409. The maximum atomic E-state index is 12.7. The molecule has 2 rings (SSSR count). The molecule has 0 fully saturated rings. The first kappa shape index (κ1) is 23.7. The van der Waals surface area contributed by atoms with Crippen molar-refractivity contribution < 1.29 is 22.7 Å². The highest BCUT2D eigenvalue weighted by Crippen LogP contribution is 2.31. The van der Waals surface area contributed by atoms with E-state index in [1.54, 1.807) is 44.2 Å². The molecule has 1 amide bonds. The van der Waals surface area contributed by atoms with E-state index in [2.05, 4.69) is 10.0 Å². The summed E-state index contributed by atoms with van der Waals surface area (Å²) in [6.45, 7) is 8.60. The van der Waals surface area contributed by atoms with Crippen LogP contribution in [0, 0.1) is 0 Å². The van der Waals surface area contributed by atoms with Crippen molar-refractivity contribution in [2.24, 2.45) is 0 Å². The van der Waals surface area contributed by atoms with Crippen LogP contribution in [0.5, 0.6) is 11.5 Å². The Morgan fingerprint density at radius 2 is 1.63 bits per heavy atom. The monoisotopic (exact) mass is 434 g/mol. The number of nitrogens with one attached hydrogen (secondary N) is 2. The van der Waals surface area contributed by atoms with Gasteiger partial charge in [0.05, 0.1) is 18.1 Å². The van der Waals surface area contributed by atoms with E-state index >= 15 is 0 Å². The molecular formula is C22H30N2O5S. The van der Waals surface area contributed by atoms with Crippen LogP contribution in [0.2, 0.25) is 0 Å². The summed E-state index contributed by atoms with van der Waals surface area (Å²) in [5.74, 6) is 0.761. The lowest BCUT2D eigenvalue weighted by Crippen LogP contribution is -2.30. The second-order valence-electron chi connectivity index (χ2n) is 7.12. The predicted molar refractivity (Wildman–Crippen MR) is 118 cm³/mol. The minimum Gasteiger partial charge on any atom is -0.490 e. The van der Waals surface area contributed by atoms with Crippen molar-refractivity contribution in [2.75, 3.05) is 18.5 Å². The van der Waals surface area contributed by atoms with Gasteiger partial charge >= 0.3 is 0 Å². The van der Waals surface area contributed by atoms with Gasteiger partial charge in [-0.3, -0.25) is 4.79 Å². The van der Waals surface area contributed by atoms with Crippen LogP contribution in [-0.4, -0.2) is 33.6 Å². The van der Waals surface area contributed by atoms with Gasteiger partial charge in [-0.15, -0.1) is 0 Å². The quantitative estimate of drug-likeness (QED) is 0.553. The van der Waals surface area contributed by atoms with Crippen molar-refractivity contribution in [3.63, 3.8) is 0 Å². The van der Waals surface area contributed by atoms with Crippen LogP contribution < -0.4 is 19.5 Å². The van der Waals surface area contributed by atoms with Gasteiger partial charge in [0.15, 0.2) is 11.5 Å². The predicted octanol–water partition coefficient (Wildman–Crippen LogP) is 4.20. The van der Waals surface area contributed by atoms with Crippen molar-refractivity contribution in [2.45, 2.75) is 51.5 Å². The van der Waals surface area contributed by atoms with Gasteiger partial charge in [-0.05, 0) is 57.0 Å². The van der Waals surface area contributed by atoms with Gasteiger partial charge in [0.25, 0.3) is 5.91 Å². The Balaban J connectivity index is 2.22. The smallest absolute Gasteiger partial charge is 0.255 e. The number of sulfonamides is 1. The molecule has 0 aliphatic carbocycles. The number of hydrogen-bond acceptors (Lipinski definition) is 5. The largest absolute Gasteiger partial charge is 0.490 e. The Morgan fingerprint density at radius 1 is 0.967 bits per heavy atom. The summed E-state index contributed by atoms with van der Waals surface area (Å²) >= 11 is 0. The zero-order valence-corrected chi connectivity index (χ0v) is 18.7. The summed E-state index contributed by atoms with van der Waals surface area (Å²) in [6, 6.07) is 10.9. The van der Waals surface area contributed by atoms with Gasteiger partial charge in [-0.2, -0.15) is 0 Å². The molecule has 0 saturated carbocycles. The number of amides is 1. The van der Waals surface area contributed by atoms with Crippen molar-refractivity contribution in [1.29, 1.82) is 0 Å². The first-order valence-corrected chi connectivity index (χ1v) is 11.6. The number of carbonyl (C=O) groups is 1. The van der Waals surface area contributed by atoms with Crippen molar-refractivity contribution >= 4 is 21.6 Å². The van der Waals surface area contributed by atoms with Gasteiger partial charge < -0.3 is 14.8 Å². The van der Waals surface area contributed by atoms with Crippen molar-refractivity contribution in [3.05, 3.63) is 48.0 Å². The topological polar surface area (TPSA) is 93.7 Å². The molecule has 8 heteroatoms. The first-order chi connectivity index (χ1) is 14.3. The minimum atomic E-state index is -3.69. The lowest BCUT2D eigenvalue weighted by molar-refractivity contribution is 0.102. The number of carbonyl (C=O) groups excluding carboxylic acids is 1. The number of ether oxygens (including phenoxy) is 2. The maximum Gasteiger partial charge on any atom is 0.255 e. The summed E-state index contributed by atoms with van der Waals surface area (Å²) in [7, 11) is -3.69. The van der Waals surface area contributed by atoms with E-state index in [0.717, 1.165) is 12.8 Å². The van der Waals surface area contributed by atoms with Crippen LogP contribution >= 0.6 is 0 Å². The fourth-order valence-electron chi connectivity index (χ4n) is 2.63. The molecule has 2 aromatic carbocycles. The van der Waals surface area contributed by atoms with Crippen LogP contribution in [0.1, 0.15) is 50.9 Å². The van der Waals surface area contributed by atoms with Gasteiger partial charge in [0.1, 0.15) is 0 Å². The van der Waals surface area contributed by atoms with E-state index in [0.29, 0.717) is 30.4 Å². The summed E-state index contributed by atoms with van der Waals surface area (Å²) in [6.07, 6.45) is 1.71. The van der Waals surface area contributed by atoms with Crippen LogP contribution in [-0.2, 0) is 10.0 Å². The van der Waals surface area contributed by atoms with Crippen LogP contribution in [0.3, 0.4) is 0 Å². The molecule has 0 heterocycles. The third-order valence-electron chi connectivity index (χ3n) is 3.92. The highest BCUT2D eigenvalue weighted by Gasteiger charge is 2.18. The fourth-order valence-corrected chi connectivity index (χ4v) is 3.92. The average Bonchev–Trinajstić information content (AvgIpc) is 2.70. The Hall–Kier alpha value is -2.58. The number of rotatable bonds is 11. The molecular weight excluding hydrogens is 404 g/mol. The average molecular weight is 435 g/mol. The third kappa shape index (κ3) is 6.74. The molecule has 164 valence electrons. The van der Waals surface area contributed by atoms with E-state index in [1.807, 2.05) is 13.8 Å². The van der Waals surface area contributed by atoms with Gasteiger partial charge in [-0.1, -0.05) is 19.9 Å². The van der Waals surface area contributed by atoms with E-state index in [1.165, 1.54) is 12.1 Å². The molecule has 0 aliphatic rings. The lowest BCUT2D eigenvalue weighted by atomic mass is 10.2. The summed E-state index contributed by atoms with van der Waals surface area (Å²) in [5.41, 5.74) is 0.771. The third-order valence-corrected chi connectivity index (χ3v) is 5.58. The molecule has 30 heavy (non-hydrogen) atoms. The number of benzene rings is 2. The molecule has 0 atom stereocenters. The van der Waals surface area contributed by atoms with E-state index in [9.17, 15) is 13.2 Å². The van der Waals surface area contributed by atoms with E-state index in [4.69, 9.17) is 9.47 Å². The van der Waals surface area contributed by atoms with Gasteiger partial charge in [0.2, 0.25) is 10.0 Å². The number of hydrogen-bond donors (Lipinski definition) is 2. The number of anilines is 1. The Labute approximate surface area is 178 Å². The first-order valence-electron chi connectivity index (χ1n) is 10.1. The molecule has 0 radical (unpaired) electrons. The van der Waals surface area contributed by atoms with Crippen molar-refractivity contribution in [1.82, 2.24) is 4.72 Å². The lowest BCUT2D eigenvalue weighted by Gasteiger charge is -2.14. The standard InChI is InChI=1S/C22H30N2O5S/c1-5-12-28-20-11-10-18(15-21(20)29-13-6-2)23-22(25)17-8-7-9-19(14-17)30(26,27)24-16(3)4/h7-11,14-16,24H,5-6,12-13H2,1-4H3,(H,23,25). The molecule has 0 aliphatic heterocycles. The van der Waals surface area contributed by atoms with E-state index < -0.39 is 15.9 Å². The minimum absolute atomic E-state index is 0.0409. The molecule has 2 aromatic rings. The summed E-state index contributed by atoms with van der Waals surface area (Å²) < 4.78 is 38.7.